The van der Waals surface area contributed by atoms with Crippen molar-refractivity contribution in [3.8, 4) is 0 Å². The highest BCUT2D eigenvalue weighted by atomic mass is 16.6. The second kappa shape index (κ2) is 8.05. The quantitative estimate of drug-likeness (QED) is 0.584. The van der Waals surface area contributed by atoms with Gasteiger partial charge in [0.15, 0.2) is 5.96 Å². The molecule has 1 heterocycles. The number of guanidine groups is 1. The molecule has 7 heteroatoms. The third-order valence-corrected chi connectivity index (χ3v) is 3.58. The molecular formula is C17H35N5O2. The van der Waals surface area contributed by atoms with Crippen LogP contribution in [0.2, 0.25) is 0 Å². The number of hydrogen-bond acceptors (Lipinski definition) is 4. The summed E-state index contributed by atoms with van der Waals surface area (Å²) < 4.78 is 5.36. The smallest absolute Gasteiger partial charge is 0.410 e. The summed E-state index contributed by atoms with van der Waals surface area (Å²) in [6.45, 7) is 13.2. The maximum absolute atomic E-state index is 11.9. The molecule has 0 bridgehead atoms. The van der Waals surface area contributed by atoms with Crippen molar-refractivity contribution in [1.82, 2.24) is 20.4 Å². The minimum Gasteiger partial charge on any atom is -0.444 e. The van der Waals surface area contributed by atoms with Crippen LogP contribution in [0.25, 0.3) is 0 Å². The van der Waals surface area contributed by atoms with Gasteiger partial charge in [-0.3, -0.25) is 4.99 Å². The van der Waals surface area contributed by atoms with Gasteiger partial charge < -0.3 is 25.2 Å². The van der Waals surface area contributed by atoms with E-state index in [9.17, 15) is 4.79 Å². The van der Waals surface area contributed by atoms with Crippen molar-refractivity contribution in [2.45, 2.75) is 46.3 Å². The van der Waals surface area contributed by atoms with Crippen LogP contribution in [0.4, 0.5) is 4.79 Å². The summed E-state index contributed by atoms with van der Waals surface area (Å²) in [6.07, 6.45) is -0.254. The minimum atomic E-state index is -0.453. The van der Waals surface area contributed by atoms with E-state index in [-0.39, 0.29) is 17.6 Å². The van der Waals surface area contributed by atoms with Crippen LogP contribution in [0.3, 0.4) is 0 Å². The van der Waals surface area contributed by atoms with Gasteiger partial charge in [-0.15, -0.1) is 0 Å². The maximum Gasteiger partial charge on any atom is 0.410 e. The van der Waals surface area contributed by atoms with Crippen LogP contribution in [0.1, 0.15) is 34.6 Å². The first-order valence-corrected chi connectivity index (χ1v) is 8.52. The zero-order valence-electron chi connectivity index (χ0n) is 16.6. The van der Waals surface area contributed by atoms with Gasteiger partial charge in [0.2, 0.25) is 0 Å². The summed E-state index contributed by atoms with van der Waals surface area (Å²) in [6, 6.07) is 0.209. The Morgan fingerprint density at radius 2 is 1.83 bits per heavy atom. The first kappa shape index (κ1) is 20.5. The molecule has 140 valence electrons. The van der Waals surface area contributed by atoms with Crippen LogP contribution in [0.15, 0.2) is 4.99 Å². The number of carbonyl (C=O) groups is 1. The Balaban J connectivity index is 2.35. The van der Waals surface area contributed by atoms with Gasteiger partial charge in [0.1, 0.15) is 5.60 Å². The molecule has 1 aliphatic heterocycles. The first-order chi connectivity index (χ1) is 10.9. The highest BCUT2D eigenvalue weighted by Gasteiger charge is 2.34. The van der Waals surface area contributed by atoms with Crippen LogP contribution >= 0.6 is 0 Å². The van der Waals surface area contributed by atoms with E-state index in [1.165, 1.54) is 0 Å². The molecule has 1 amide bonds. The number of aliphatic imine (C=N–C) groups is 1. The van der Waals surface area contributed by atoms with Gasteiger partial charge in [-0.2, -0.15) is 0 Å². The molecule has 1 fully saturated rings. The van der Waals surface area contributed by atoms with Crippen molar-refractivity contribution in [3.05, 3.63) is 0 Å². The third kappa shape index (κ3) is 7.38. The molecule has 1 rings (SSSR count). The number of amides is 1. The van der Waals surface area contributed by atoms with Gasteiger partial charge in [0.05, 0.1) is 6.04 Å². The van der Waals surface area contributed by atoms with E-state index in [4.69, 9.17) is 4.74 Å². The standard InChI is InChI=1S/C17H35N5O2/c1-16(2,3)24-15(23)22-9-13(10-22)20-14(18-6)19-11-17(4,5)12-21(7)8/h13H,9-12H2,1-8H3,(H2,18,19,20). The van der Waals surface area contributed by atoms with E-state index < -0.39 is 5.60 Å². The summed E-state index contributed by atoms with van der Waals surface area (Å²) in [5, 5.41) is 6.73. The molecule has 1 aliphatic rings. The lowest BCUT2D eigenvalue weighted by Gasteiger charge is -2.40. The maximum atomic E-state index is 11.9. The molecule has 7 nitrogen and oxygen atoms in total. The van der Waals surface area contributed by atoms with Gasteiger partial charge in [-0.05, 0) is 40.3 Å². The zero-order chi connectivity index (χ0) is 18.5. The van der Waals surface area contributed by atoms with Crippen LogP contribution in [0, 0.1) is 5.41 Å². The minimum absolute atomic E-state index is 0.142. The molecule has 0 spiro atoms. The van der Waals surface area contributed by atoms with E-state index in [2.05, 4.69) is 48.5 Å². The summed E-state index contributed by atoms with van der Waals surface area (Å²) in [5.74, 6) is 0.774. The number of nitrogens with zero attached hydrogens (tertiary/aromatic N) is 3. The summed E-state index contributed by atoms with van der Waals surface area (Å²) in [4.78, 5) is 20.1. The Kier molecular flexibility index (Phi) is 6.89. The molecule has 0 radical (unpaired) electrons. The van der Waals surface area contributed by atoms with Crippen LogP contribution in [0.5, 0.6) is 0 Å². The average molecular weight is 342 g/mol. The molecular weight excluding hydrogens is 306 g/mol. The van der Waals surface area contributed by atoms with Gasteiger partial charge in [-0.25, -0.2) is 4.79 Å². The normalized spacial score (nSPS) is 16.9. The van der Waals surface area contributed by atoms with E-state index in [1.807, 2.05) is 20.8 Å². The lowest BCUT2D eigenvalue weighted by atomic mass is 9.93. The van der Waals surface area contributed by atoms with Crippen molar-refractivity contribution in [3.63, 3.8) is 0 Å². The fraction of sp³-hybridized carbons (Fsp3) is 0.882. The van der Waals surface area contributed by atoms with Crippen LogP contribution < -0.4 is 10.6 Å². The average Bonchev–Trinajstić information content (AvgIpc) is 2.32. The molecule has 1 saturated heterocycles. The summed E-state index contributed by atoms with van der Waals surface area (Å²) in [7, 11) is 5.92. The molecule has 0 aromatic heterocycles. The highest BCUT2D eigenvalue weighted by Crippen LogP contribution is 2.16. The second-order valence-corrected chi connectivity index (χ2v) is 8.55. The predicted molar refractivity (Wildman–Crippen MR) is 98.4 cm³/mol. The number of carbonyl (C=O) groups excluding carboxylic acids is 1. The fourth-order valence-corrected chi connectivity index (χ4v) is 2.67. The molecule has 2 N–H and O–H groups in total. The predicted octanol–water partition coefficient (Wildman–Crippen LogP) is 1.36. The van der Waals surface area contributed by atoms with Gasteiger partial charge >= 0.3 is 6.09 Å². The van der Waals surface area contributed by atoms with Crippen LogP contribution in [-0.4, -0.2) is 80.8 Å². The molecule has 0 aliphatic carbocycles. The molecule has 24 heavy (non-hydrogen) atoms. The summed E-state index contributed by atoms with van der Waals surface area (Å²) in [5.41, 5.74) is -0.311. The number of rotatable bonds is 5. The molecule has 0 atom stereocenters. The SMILES string of the molecule is CN=C(NCC(C)(C)CN(C)C)NC1CN(C(=O)OC(C)(C)C)C1. The number of likely N-dealkylation sites (tertiary alicyclic amines) is 1. The van der Waals surface area contributed by atoms with E-state index in [1.54, 1.807) is 11.9 Å². The Morgan fingerprint density at radius 3 is 2.29 bits per heavy atom. The Hall–Kier alpha value is -1.50. The van der Waals surface area contributed by atoms with Crippen molar-refractivity contribution >= 4 is 12.1 Å². The Morgan fingerprint density at radius 1 is 1.25 bits per heavy atom. The molecule has 0 unspecified atom stereocenters. The van der Waals surface area contributed by atoms with Gasteiger partial charge in [-0.1, -0.05) is 13.8 Å². The van der Waals surface area contributed by atoms with Crippen molar-refractivity contribution in [1.29, 1.82) is 0 Å². The molecule has 0 aromatic rings. The van der Waals surface area contributed by atoms with Gasteiger partial charge in [0, 0.05) is 33.2 Å². The van der Waals surface area contributed by atoms with Crippen LogP contribution in [-0.2, 0) is 4.74 Å². The van der Waals surface area contributed by atoms with E-state index in [0.29, 0.717) is 13.1 Å². The number of hydrogen-bond donors (Lipinski definition) is 2. The first-order valence-electron chi connectivity index (χ1n) is 8.52. The van der Waals surface area contributed by atoms with E-state index in [0.717, 1.165) is 19.0 Å². The zero-order valence-corrected chi connectivity index (χ0v) is 16.6. The topological polar surface area (TPSA) is 69.2 Å². The monoisotopic (exact) mass is 341 g/mol. The Bertz CT molecular complexity index is 448. The number of nitrogens with one attached hydrogen (secondary N) is 2. The lowest BCUT2D eigenvalue weighted by Crippen LogP contribution is -2.63. The Labute approximate surface area is 146 Å². The van der Waals surface area contributed by atoms with Crippen molar-refractivity contribution in [2.75, 3.05) is 47.3 Å². The second-order valence-electron chi connectivity index (χ2n) is 8.55. The molecule has 0 saturated carbocycles. The third-order valence-electron chi connectivity index (χ3n) is 3.58. The largest absolute Gasteiger partial charge is 0.444 e. The summed E-state index contributed by atoms with van der Waals surface area (Å²) >= 11 is 0. The van der Waals surface area contributed by atoms with Gasteiger partial charge in [0.25, 0.3) is 0 Å². The molecule has 0 aromatic carbocycles. The van der Waals surface area contributed by atoms with E-state index >= 15 is 0 Å². The van der Waals surface area contributed by atoms with Crippen molar-refractivity contribution in [2.24, 2.45) is 10.4 Å². The number of ether oxygens (including phenoxy) is 1. The highest BCUT2D eigenvalue weighted by molar-refractivity contribution is 5.80. The van der Waals surface area contributed by atoms with Crippen molar-refractivity contribution < 1.29 is 9.53 Å². The lowest BCUT2D eigenvalue weighted by molar-refractivity contribution is 0.00700. The fourth-order valence-electron chi connectivity index (χ4n) is 2.67.